The van der Waals surface area contributed by atoms with Gasteiger partial charge in [0.05, 0.1) is 0 Å². The van der Waals surface area contributed by atoms with Gasteiger partial charge in [-0.15, -0.1) is 0 Å². The molecular formula is C27H50O2Si2. The SMILES string of the molecule is C[C@]12C[C@H](O[Si](C)(C)C)[C@H]3[C@@H](CCC4=CCCC[C@@]43C)[C@@H]1CC[C@@H]2CCO[Si](C)(C)C. The van der Waals surface area contributed by atoms with E-state index in [0.29, 0.717) is 16.9 Å². The van der Waals surface area contributed by atoms with Gasteiger partial charge in [0.15, 0.2) is 16.6 Å². The van der Waals surface area contributed by atoms with Gasteiger partial charge in [0.1, 0.15) is 0 Å². The van der Waals surface area contributed by atoms with Gasteiger partial charge in [-0.05, 0) is 132 Å². The number of fused-ring (bicyclic) bond motifs is 5. The maximum atomic E-state index is 7.13. The summed E-state index contributed by atoms with van der Waals surface area (Å²) < 4.78 is 13.5. The molecule has 4 rings (SSSR count). The predicted molar refractivity (Wildman–Crippen MR) is 137 cm³/mol. The highest BCUT2D eigenvalue weighted by Gasteiger charge is 2.62. The summed E-state index contributed by atoms with van der Waals surface area (Å²) in [6, 6.07) is 0. The van der Waals surface area contributed by atoms with Crippen molar-refractivity contribution in [1.29, 1.82) is 0 Å². The van der Waals surface area contributed by atoms with E-state index in [0.717, 1.165) is 30.3 Å². The fraction of sp³-hybridized carbons (Fsp3) is 0.926. The summed E-state index contributed by atoms with van der Waals surface area (Å²) in [6.07, 6.45) is 15.4. The lowest BCUT2D eigenvalue weighted by Crippen LogP contribution is -2.58. The third-order valence-electron chi connectivity index (χ3n) is 9.64. The van der Waals surface area contributed by atoms with E-state index in [1.165, 1.54) is 57.8 Å². The number of rotatable bonds is 6. The Kier molecular flexibility index (Phi) is 6.56. The van der Waals surface area contributed by atoms with Gasteiger partial charge in [-0.1, -0.05) is 25.5 Å². The maximum Gasteiger partial charge on any atom is 0.184 e. The number of hydrogen-bond acceptors (Lipinski definition) is 2. The Morgan fingerprint density at radius 3 is 2.42 bits per heavy atom. The van der Waals surface area contributed by atoms with Gasteiger partial charge in [-0.3, -0.25) is 0 Å². The summed E-state index contributed by atoms with van der Waals surface area (Å²) in [7, 11) is -3.02. The molecule has 0 aromatic rings. The van der Waals surface area contributed by atoms with Crippen molar-refractivity contribution in [3.05, 3.63) is 11.6 Å². The first-order chi connectivity index (χ1) is 14.3. The van der Waals surface area contributed by atoms with E-state index in [9.17, 15) is 0 Å². The molecule has 31 heavy (non-hydrogen) atoms. The van der Waals surface area contributed by atoms with E-state index in [-0.39, 0.29) is 0 Å². The Morgan fingerprint density at radius 1 is 1.00 bits per heavy atom. The van der Waals surface area contributed by atoms with Gasteiger partial charge < -0.3 is 8.85 Å². The minimum absolute atomic E-state index is 0.395. The molecule has 0 aliphatic heterocycles. The summed E-state index contributed by atoms with van der Waals surface area (Å²) in [5.41, 5.74) is 2.64. The smallest absolute Gasteiger partial charge is 0.184 e. The van der Waals surface area contributed by atoms with E-state index in [1.807, 2.05) is 0 Å². The number of allylic oxidation sites excluding steroid dienone is 2. The van der Waals surface area contributed by atoms with Crippen molar-refractivity contribution in [3.8, 4) is 0 Å². The van der Waals surface area contributed by atoms with E-state index < -0.39 is 16.6 Å². The highest BCUT2D eigenvalue weighted by Crippen LogP contribution is 2.67. The molecule has 0 aromatic carbocycles. The third-order valence-corrected chi connectivity index (χ3v) is 11.7. The second-order valence-electron chi connectivity index (χ2n) is 13.9. The zero-order chi connectivity index (χ0) is 22.7. The van der Waals surface area contributed by atoms with Gasteiger partial charge >= 0.3 is 0 Å². The monoisotopic (exact) mass is 462 g/mol. The van der Waals surface area contributed by atoms with Crippen LogP contribution < -0.4 is 0 Å². The van der Waals surface area contributed by atoms with Crippen molar-refractivity contribution in [2.75, 3.05) is 6.61 Å². The molecule has 0 bridgehead atoms. The minimum atomic E-state index is -1.60. The summed E-state index contributed by atoms with van der Waals surface area (Å²) >= 11 is 0. The van der Waals surface area contributed by atoms with Crippen molar-refractivity contribution in [2.45, 2.75) is 117 Å². The first-order valence-corrected chi connectivity index (χ1v) is 20.2. The summed E-state index contributed by atoms with van der Waals surface area (Å²) in [5.74, 6) is 3.33. The Balaban J connectivity index is 1.62. The molecule has 4 aliphatic rings. The summed E-state index contributed by atoms with van der Waals surface area (Å²) in [5, 5.41) is 0. The van der Waals surface area contributed by atoms with Gasteiger partial charge in [0, 0.05) is 12.7 Å². The van der Waals surface area contributed by atoms with Crippen molar-refractivity contribution in [3.63, 3.8) is 0 Å². The highest BCUT2D eigenvalue weighted by atomic mass is 28.4. The van der Waals surface area contributed by atoms with Crippen LogP contribution in [0, 0.1) is 34.5 Å². The van der Waals surface area contributed by atoms with Gasteiger partial charge in [-0.25, -0.2) is 0 Å². The molecule has 178 valence electrons. The summed E-state index contributed by atoms with van der Waals surface area (Å²) in [6.45, 7) is 20.5. The van der Waals surface area contributed by atoms with Gasteiger partial charge in [0.25, 0.3) is 0 Å². The normalized spacial score (nSPS) is 43.1. The summed E-state index contributed by atoms with van der Waals surface area (Å²) in [4.78, 5) is 0. The maximum absolute atomic E-state index is 7.13. The molecule has 3 fully saturated rings. The molecule has 0 N–H and O–H groups in total. The molecule has 3 saturated carbocycles. The first kappa shape index (κ1) is 24.2. The molecule has 0 heterocycles. The molecule has 4 aliphatic carbocycles. The Labute approximate surface area is 195 Å². The second kappa shape index (κ2) is 8.39. The molecular weight excluding hydrogens is 412 g/mol. The van der Waals surface area contributed by atoms with Crippen molar-refractivity contribution >= 4 is 16.6 Å². The van der Waals surface area contributed by atoms with E-state index in [2.05, 4.69) is 59.2 Å². The molecule has 0 unspecified atom stereocenters. The lowest BCUT2D eigenvalue weighted by atomic mass is 9.46. The molecule has 2 nitrogen and oxygen atoms in total. The lowest BCUT2D eigenvalue weighted by Gasteiger charge is -2.61. The fourth-order valence-corrected chi connectivity index (χ4v) is 10.4. The van der Waals surface area contributed by atoms with Crippen LogP contribution in [0.1, 0.15) is 71.6 Å². The molecule has 0 saturated heterocycles. The van der Waals surface area contributed by atoms with Crippen LogP contribution in [0.5, 0.6) is 0 Å². The molecule has 7 atom stereocenters. The van der Waals surface area contributed by atoms with Crippen LogP contribution in [0.25, 0.3) is 0 Å². The molecule has 0 spiro atoms. The zero-order valence-corrected chi connectivity index (χ0v) is 23.9. The molecule has 0 amide bonds. The first-order valence-electron chi connectivity index (χ1n) is 13.3. The highest BCUT2D eigenvalue weighted by molar-refractivity contribution is 6.70. The van der Waals surface area contributed by atoms with Crippen molar-refractivity contribution in [2.24, 2.45) is 34.5 Å². The predicted octanol–water partition coefficient (Wildman–Crippen LogP) is 8.03. The second-order valence-corrected chi connectivity index (χ2v) is 22.9. The van der Waals surface area contributed by atoms with Gasteiger partial charge in [-0.2, -0.15) is 0 Å². The largest absolute Gasteiger partial charge is 0.418 e. The van der Waals surface area contributed by atoms with Gasteiger partial charge in [0.2, 0.25) is 0 Å². The van der Waals surface area contributed by atoms with Crippen molar-refractivity contribution < 1.29 is 8.85 Å². The molecule has 0 aromatic heterocycles. The Morgan fingerprint density at radius 2 is 1.74 bits per heavy atom. The quantitative estimate of drug-likeness (QED) is 0.294. The van der Waals surface area contributed by atoms with E-state index >= 15 is 0 Å². The van der Waals surface area contributed by atoms with Crippen LogP contribution in [-0.4, -0.2) is 29.3 Å². The minimum Gasteiger partial charge on any atom is -0.418 e. The van der Waals surface area contributed by atoms with Crippen LogP contribution in [0.4, 0.5) is 0 Å². The molecule has 4 heteroatoms. The standard InChI is InChI=1S/C27H50O2Si2/c1-26-17-10-9-11-20(26)12-14-22-23-15-13-21(16-18-28-30(3,4)5)27(23,2)19-24(25(22)26)29-31(6,7)8/h11,21-25H,9-10,12-19H2,1-8H3/t21-,22+,23+,24+,25-,26+,27-/m1/s1. The average molecular weight is 463 g/mol. The van der Waals surface area contributed by atoms with Crippen LogP contribution in [-0.2, 0) is 8.85 Å². The van der Waals surface area contributed by atoms with Crippen LogP contribution >= 0.6 is 0 Å². The van der Waals surface area contributed by atoms with Crippen molar-refractivity contribution in [1.82, 2.24) is 0 Å². The fourth-order valence-electron chi connectivity index (χ4n) is 8.49. The lowest BCUT2D eigenvalue weighted by molar-refractivity contribution is -0.122. The van der Waals surface area contributed by atoms with Crippen LogP contribution in [0.2, 0.25) is 39.3 Å². The molecule has 0 radical (unpaired) electrons. The van der Waals surface area contributed by atoms with Crippen LogP contribution in [0.3, 0.4) is 0 Å². The Hall–Kier alpha value is 0.0938. The van der Waals surface area contributed by atoms with Crippen LogP contribution in [0.15, 0.2) is 11.6 Å². The Bertz CT molecular complexity index is 690. The topological polar surface area (TPSA) is 18.5 Å². The zero-order valence-electron chi connectivity index (χ0n) is 21.9. The third kappa shape index (κ3) is 4.70. The van der Waals surface area contributed by atoms with E-state index in [1.54, 1.807) is 5.57 Å². The average Bonchev–Trinajstić information content (AvgIpc) is 2.94. The number of hydrogen-bond donors (Lipinski definition) is 0. The van der Waals surface area contributed by atoms with E-state index in [4.69, 9.17) is 8.85 Å².